The second-order valence-corrected chi connectivity index (χ2v) is 7.34. The first-order chi connectivity index (χ1) is 15.3. The Morgan fingerprint density at radius 3 is 2.65 bits per heavy atom. The first-order valence-electron chi connectivity index (χ1n) is 10.2. The monoisotopic (exact) mass is 407 g/mol. The van der Waals surface area contributed by atoms with E-state index in [1.54, 1.807) is 6.20 Å². The van der Waals surface area contributed by atoms with Gasteiger partial charge in [0.2, 0.25) is 0 Å². The molecule has 0 atom stereocenters. The van der Waals surface area contributed by atoms with Gasteiger partial charge in [0, 0.05) is 41.7 Å². The molecule has 4 aromatic rings. The molecule has 0 aliphatic carbocycles. The largest absolute Gasteiger partial charge is 0.457 e. The number of ether oxygens (including phenoxy) is 1. The number of fused-ring (bicyclic) bond motifs is 1. The number of H-pyrrole nitrogens is 1. The lowest BCUT2D eigenvalue weighted by Gasteiger charge is -2.10. The second kappa shape index (κ2) is 8.32. The van der Waals surface area contributed by atoms with Crippen molar-refractivity contribution in [2.75, 3.05) is 6.54 Å². The second-order valence-electron chi connectivity index (χ2n) is 7.34. The summed E-state index contributed by atoms with van der Waals surface area (Å²) in [5.74, 6) is 1.56. The lowest BCUT2D eigenvalue weighted by Crippen LogP contribution is -2.31. The van der Waals surface area contributed by atoms with Crippen molar-refractivity contribution >= 4 is 18.1 Å². The zero-order valence-corrected chi connectivity index (χ0v) is 16.8. The number of pyridine rings is 1. The molecule has 0 saturated carbocycles. The van der Waals surface area contributed by atoms with Gasteiger partial charge in [0.15, 0.2) is 0 Å². The maximum Gasteiger partial charge on any atom is 0.253 e. The predicted octanol–water partition coefficient (Wildman–Crippen LogP) is 5.33. The van der Waals surface area contributed by atoms with Crippen molar-refractivity contribution in [2.24, 2.45) is 0 Å². The quantitative estimate of drug-likeness (QED) is 0.470. The Balaban J connectivity index is 1.40. The smallest absolute Gasteiger partial charge is 0.253 e. The molecule has 0 fully saturated rings. The molecule has 152 valence electrons. The van der Waals surface area contributed by atoms with Gasteiger partial charge < -0.3 is 15.0 Å². The van der Waals surface area contributed by atoms with Gasteiger partial charge in [-0.05, 0) is 48.6 Å². The summed E-state index contributed by atoms with van der Waals surface area (Å²) in [6.45, 7) is 0.667. The van der Waals surface area contributed by atoms with Crippen LogP contribution in [0.4, 0.5) is 0 Å². The topological polar surface area (TPSA) is 67.0 Å². The summed E-state index contributed by atoms with van der Waals surface area (Å²) in [7, 11) is 0. The Morgan fingerprint density at radius 2 is 1.77 bits per heavy atom. The highest BCUT2D eigenvalue weighted by Crippen LogP contribution is 2.27. The van der Waals surface area contributed by atoms with Crippen molar-refractivity contribution in [3.05, 3.63) is 102 Å². The van der Waals surface area contributed by atoms with E-state index in [9.17, 15) is 4.79 Å². The van der Waals surface area contributed by atoms with Crippen LogP contribution in [0.1, 0.15) is 27.3 Å². The van der Waals surface area contributed by atoms with Gasteiger partial charge in [0.05, 0.1) is 11.3 Å². The number of aromatic nitrogens is 2. The van der Waals surface area contributed by atoms with E-state index in [2.05, 4.69) is 15.3 Å². The molecule has 5 rings (SSSR count). The minimum atomic E-state index is -0.0204. The van der Waals surface area contributed by atoms with E-state index in [1.165, 1.54) is 0 Å². The molecule has 0 unspecified atom stereocenters. The lowest BCUT2D eigenvalue weighted by atomic mass is 10.1. The molecule has 2 N–H and O–H groups in total. The highest BCUT2D eigenvalue weighted by molar-refractivity contribution is 5.97. The van der Waals surface area contributed by atoms with Crippen LogP contribution in [-0.2, 0) is 6.42 Å². The maximum atomic E-state index is 12.1. The highest BCUT2D eigenvalue weighted by Gasteiger charge is 2.19. The number of benzene rings is 2. The van der Waals surface area contributed by atoms with Crippen LogP contribution in [0.5, 0.6) is 11.5 Å². The SMILES string of the molecule is O=C1NCCc2[nH]c(-c3ccnc(C=Cc4ccccc4Oc4ccccc4)c3)cc21. The number of para-hydroxylation sites is 2. The van der Waals surface area contributed by atoms with E-state index >= 15 is 0 Å². The van der Waals surface area contributed by atoms with Crippen molar-refractivity contribution in [2.45, 2.75) is 6.42 Å². The fourth-order valence-corrected chi connectivity index (χ4v) is 3.66. The Morgan fingerprint density at radius 1 is 0.935 bits per heavy atom. The third-order valence-electron chi connectivity index (χ3n) is 5.22. The molecule has 2 aromatic heterocycles. The van der Waals surface area contributed by atoms with Gasteiger partial charge in [0.25, 0.3) is 5.91 Å². The van der Waals surface area contributed by atoms with Crippen molar-refractivity contribution in [3.8, 4) is 22.8 Å². The van der Waals surface area contributed by atoms with Crippen molar-refractivity contribution in [3.63, 3.8) is 0 Å². The van der Waals surface area contributed by atoms with E-state index in [1.807, 2.05) is 84.9 Å². The number of rotatable bonds is 5. The van der Waals surface area contributed by atoms with E-state index in [0.29, 0.717) is 6.54 Å². The van der Waals surface area contributed by atoms with Crippen molar-refractivity contribution in [1.82, 2.24) is 15.3 Å². The molecule has 1 aliphatic heterocycles. The predicted molar refractivity (Wildman–Crippen MR) is 122 cm³/mol. The normalized spacial score (nSPS) is 13.1. The first-order valence-corrected chi connectivity index (χ1v) is 10.2. The van der Waals surface area contributed by atoms with Gasteiger partial charge in [-0.1, -0.05) is 36.4 Å². The van der Waals surface area contributed by atoms with Crippen molar-refractivity contribution in [1.29, 1.82) is 0 Å². The number of amides is 1. The third kappa shape index (κ3) is 4.12. The molecule has 5 heteroatoms. The average Bonchev–Trinajstić information content (AvgIpc) is 3.25. The molecule has 1 amide bonds. The summed E-state index contributed by atoms with van der Waals surface area (Å²) in [4.78, 5) is 19.9. The molecular weight excluding hydrogens is 386 g/mol. The number of nitrogens with one attached hydrogen (secondary N) is 2. The number of nitrogens with zero attached hydrogens (tertiary/aromatic N) is 1. The van der Waals surface area contributed by atoms with E-state index in [4.69, 9.17) is 4.74 Å². The number of hydrogen-bond donors (Lipinski definition) is 2. The molecule has 0 radical (unpaired) electrons. The van der Waals surface area contributed by atoms with Crippen LogP contribution in [0.2, 0.25) is 0 Å². The molecule has 1 aliphatic rings. The van der Waals surface area contributed by atoms with Gasteiger partial charge in [-0.3, -0.25) is 9.78 Å². The van der Waals surface area contributed by atoms with Crippen molar-refractivity contribution < 1.29 is 9.53 Å². The summed E-state index contributed by atoms with van der Waals surface area (Å²) >= 11 is 0. The Kier molecular flexibility index (Phi) is 5.07. The van der Waals surface area contributed by atoms with Crippen LogP contribution in [0, 0.1) is 0 Å². The lowest BCUT2D eigenvalue weighted by molar-refractivity contribution is 0.0946. The standard InChI is InChI=1S/C26H21N3O2/c30-26-22-17-24(29-23(22)13-15-28-26)19-12-14-27-20(16-19)11-10-18-6-4-5-9-25(18)31-21-7-2-1-3-8-21/h1-12,14,16-17,29H,13,15H2,(H,28,30). The van der Waals surface area contributed by atoms with Gasteiger partial charge in [-0.25, -0.2) is 0 Å². The van der Waals surface area contributed by atoms with Crippen LogP contribution in [0.15, 0.2) is 79.0 Å². The van der Waals surface area contributed by atoms with Crippen LogP contribution in [-0.4, -0.2) is 22.4 Å². The zero-order chi connectivity index (χ0) is 21.0. The average molecular weight is 407 g/mol. The molecule has 5 nitrogen and oxygen atoms in total. The van der Waals surface area contributed by atoms with E-state index < -0.39 is 0 Å². The summed E-state index contributed by atoms with van der Waals surface area (Å²) in [6.07, 6.45) is 6.56. The number of carbonyl (C=O) groups excluding carboxylic acids is 1. The minimum absolute atomic E-state index is 0.0204. The molecule has 2 aromatic carbocycles. The Labute approximate surface area is 180 Å². The van der Waals surface area contributed by atoms with Gasteiger partial charge in [0.1, 0.15) is 11.5 Å². The summed E-state index contributed by atoms with van der Waals surface area (Å²) < 4.78 is 6.03. The first kappa shape index (κ1) is 18.9. The van der Waals surface area contributed by atoms with Gasteiger partial charge in [-0.2, -0.15) is 0 Å². The summed E-state index contributed by atoms with van der Waals surface area (Å²) in [5.41, 5.74) is 5.41. The fourth-order valence-electron chi connectivity index (χ4n) is 3.66. The molecule has 0 spiro atoms. The number of aromatic amines is 1. The van der Waals surface area contributed by atoms with Gasteiger partial charge in [-0.15, -0.1) is 0 Å². The molecule has 0 saturated heterocycles. The Hall–Kier alpha value is -4.12. The maximum absolute atomic E-state index is 12.1. The Bertz CT molecular complexity index is 1260. The van der Waals surface area contributed by atoms with Crippen LogP contribution in [0.3, 0.4) is 0 Å². The van der Waals surface area contributed by atoms with E-state index in [0.717, 1.165) is 51.7 Å². The number of hydrogen-bond acceptors (Lipinski definition) is 3. The van der Waals surface area contributed by atoms with Crippen LogP contribution < -0.4 is 10.1 Å². The summed E-state index contributed by atoms with van der Waals surface area (Å²) in [5, 5.41) is 2.88. The van der Waals surface area contributed by atoms with Gasteiger partial charge >= 0.3 is 0 Å². The van der Waals surface area contributed by atoms with Crippen LogP contribution >= 0.6 is 0 Å². The summed E-state index contributed by atoms with van der Waals surface area (Å²) in [6, 6.07) is 23.5. The molecule has 31 heavy (non-hydrogen) atoms. The highest BCUT2D eigenvalue weighted by atomic mass is 16.5. The van der Waals surface area contributed by atoms with E-state index in [-0.39, 0.29) is 5.91 Å². The minimum Gasteiger partial charge on any atom is -0.457 e. The fraction of sp³-hybridized carbons (Fsp3) is 0.0769. The van der Waals surface area contributed by atoms with Crippen LogP contribution in [0.25, 0.3) is 23.4 Å². The molecular formula is C26H21N3O2. The molecule has 3 heterocycles. The third-order valence-corrected chi connectivity index (χ3v) is 5.22. The molecule has 0 bridgehead atoms. The number of carbonyl (C=O) groups is 1. The zero-order valence-electron chi connectivity index (χ0n) is 16.8.